The summed E-state index contributed by atoms with van der Waals surface area (Å²) in [5.74, 6) is -1.50. The molecule has 6 heteroatoms. The first-order valence-electron chi connectivity index (χ1n) is 7.02. The first-order valence-corrected chi connectivity index (χ1v) is 8.01. The Morgan fingerprint density at radius 1 is 1.14 bits per heavy atom. The van der Waals surface area contributed by atoms with Crippen molar-refractivity contribution >= 4 is 34.4 Å². The van der Waals surface area contributed by atoms with Gasteiger partial charge in [-0.3, -0.25) is 19.3 Å². The first-order chi connectivity index (χ1) is 10.3. The Kier molecular flexibility index (Phi) is 6.61. The van der Waals surface area contributed by atoms with Crippen molar-refractivity contribution in [2.75, 3.05) is 17.2 Å². The van der Waals surface area contributed by atoms with Gasteiger partial charge in [0.25, 0.3) is 0 Å². The molecule has 0 aromatic heterocycles. The molecule has 0 saturated carbocycles. The summed E-state index contributed by atoms with van der Waals surface area (Å²) in [6, 6.07) is 3.80. The van der Waals surface area contributed by atoms with Gasteiger partial charge < -0.3 is 5.11 Å². The van der Waals surface area contributed by atoms with Crippen molar-refractivity contribution in [1.82, 2.24) is 0 Å². The summed E-state index contributed by atoms with van der Waals surface area (Å²) < 4.78 is 0. The molecule has 0 aliphatic carbocycles. The van der Waals surface area contributed by atoms with E-state index in [1.165, 1.54) is 4.90 Å². The van der Waals surface area contributed by atoms with E-state index in [9.17, 15) is 14.4 Å². The standard InChI is InChI=1S/C16H21NO4S/c1-5-15(21)22-9-13(18)17(8-14(19)20)16-11(3)7-6-10(2)12(16)4/h6-7H,5,8-9H2,1-4H3,(H,19,20). The third kappa shape index (κ3) is 4.59. The highest BCUT2D eigenvalue weighted by Gasteiger charge is 2.23. The first kappa shape index (κ1) is 18.2. The number of carboxylic acids is 1. The fourth-order valence-corrected chi connectivity index (χ4v) is 2.75. The molecule has 22 heavy (non-hydrogen) atoms. The molecule has 0 unspecified atom stereocenters. The second-order valence-corrected chi connectivity index (χ2v) is 6.09. The van der Waals surface area contributed by atoms with E-state index in [-0.39, 0.29) is 16.8 Å². The third-order valence-electron chi connectivity index (χ3n) is 3.41. The van der Waals surface area contributed by atoms with Crippen LogP contribution in [-0.2, 0) is 14.4 Å². The Hall–Kier alpha value is -1.82. The number of hydrogen-bond donors (Lipinski definition) is 1. The van der Waals surface area contributed by atoms with E-state index in [0.29, 0.717) is 12.1 Å². The monoisotopic (exact) mass is 323 g/mol. The van der Waals surface area contributed by atoms with Crippen LogP contribution in [0.1, 0.15) is 30.0 Å². The Balaban J connectivity index is 3.13. The number of aryl methyl sites for hydroxylation is 2. The molecule has 0 aliphatic heterocycles. The lowest BCUT2D eigenvalue weighted by atomic mass is 10.0. The fourth-order valence-electron chi connectivity index (χ4n) is 2.10. The van der Waals surface area contributed by atoms with Crippen molar-refractivity contribution in [3.63, 3.8) is 0 Å². The molecule has 5 nitrogen and oxygen atoms in total. The molecule has 1 rings (SSSR count). The molecular weight excluding hydrogens is 302 g/mol. The maximum Gasteiger partial charge on any atom is 0.323 e. The molecule has 0 spiro atoms. The van der Waals surface area contributed by atoms with Crippen LogP contribution in [0.2, 0.25) is 0 Å². The number of amides is 1. The van der Waals surface area contributed by atoms with Crippen LogP contribution >= 0.6 is 11.8 Å². The summed E-state index contributed by atoms with van der Waals surface area (Å²) in [6.07, 6.45) is 0.347. The van der Waals surface area contributed by atoms with Crippen molar-refractivity contribution in [2.24, 2.45) is 0 Å². The van der Waals surface area contributed by atoms with Gasteiger partial charge in [0.1, 0.15) is 6.54 Å². The minimum atomic E-state index is -1.08. The van der Waals surface area contributed by atoms with E-state index >= 15 is 0 Å². The minimum Gasteiger partial charge on any atom is -0.480 e. The predicted molar refractivity (Wildman–Crippen MR) is 88.4 cm³/mol. The van der Waals surface area contributed by atoms with E-state index in [1.807, 2.05) is 32.9 Å². The van der Waals surface area contributed by atoms with Crippen molar-refractivity contribution < 1.29 is 19.5 Å². The van der Waals surface area contributed by atoms with Crippen LogP contribution in [0.3, 0.4) is 0 Å². The van der Waals surface area contributed by atoms with Gasteiger partial charge in [0.05, 0.1) is 11.4 Å². The van der Waals surface area contributed by atoms with E-state index < -0.39 is 12.5 Å². The lowest BCUT2D eigenvalue weighted by Gasteiger charge is -2.25. The number of nitrogens with zero attached hydrogens (tertiary/aromatic N) is 1. The van der Waals surface area contributed by atoms with Gasteiger partial charge in [0.15, 0.2) is 5.12 Å². The SMILES string of the molecule is CCC(=O)SCC(=O)N(CC(=O)O)c1c(C)ccc(C)c1C. The normalized spacial score (nSPS) is 10.4. The summed E-state index contributed by atoms with van der Waals surface area (Å²) in [6.45, 7) is 6.93. The fraction of sp³-hybridized carbons (Fsp3) is 0.438. The number of carboxylic acid groups (broad SMARTS) is 1. The Morgan fingerprint density at radius 3 is 2.27 bits per heavy atom. The summed E-state index contributed by atoms with van der Waals surface area (Å²) in [5.41, 5.74) is 3.32. The van der Waals surface area contributed by atoms with E-state index in [4.69, 9.17) is 5.11 Å². The summed E-state index contributed by atoms with van der Waals surface area (Å²) >= 11 is 0.927. The zero-order valence-electron chi connectivity index (χ0n) is 13.3. The number of benzene rings is 1. The molecule has 1 aromatic rings. The zero-order valence-corrected chi connectivity index (χ0v) is 14.1. The highest BCUT2D eigenvalue weighted by molar-refractivity contribution is 8.14. The van der Waals surface area contributed by atoms with Crippen molar-refractivity contribution in [3.8, 4) is 0 Å². The molecule has 1 aromatic carbocycles. The van der Waals surface area contributed by atoms with Crippen molar-refractivity contribution in [1.29, 1.82) is 0 Å². The van der Waals surface area contributed by atoms with E-state index in [2.05, 4.69) is 0 Å². The highest BCUT2D eigenvalue weighted by Crippen LogP contribution is 2.28. The molecule has 0 atom stereocenters. The van der Waals surface area contributed by atoms with Gasteiger partial charge in [-0.2, -0.15) is 0 Å². The second kappa shape index (κ2) is 7.98. The summed E-state index contributed by atoms with van der Waals surface area (Å²) in [4.78, 5) is 36.1. The van der Waals surface area contributed by atoms with Gasteiger partial charge >= 0.3 is 5.97 Å². The lowest BCUT2D eigenvalue weighted by molar-refractivity contribution is -0.136. The molecule has 0 aliphatic rings. The topological polar surface area (TPSA) is 74.7 Å². The van der Waals surface area contributed by atoms with Crippen LogP contribution in [0.15, 0.2) is 12.1 Å². The summed E-state index contributed by atoms with van der Waals surface area (Å²) in [5, 5.41) is 9.02. The quantitative estimate of drug-likeness (QED) is 0.871. The summed E-state index contributed by atoms with van der Waals surface area (Å²) in [7, 11) is 0. The van der Waals surface area contributed by atoms with E-state index in [0.717, 1.165) is 28.5 Å². The maximum absolute atomic E-state index is 12.4. The number of hydrogen-bond acceptors (Lipinski definition) is 4. The average Bonchev–Trinajstić information content (AvgIpc) is 2.47. The van der Waals surface area contributed by atoms with Gasteiger partial charge in [0.2, 0.25) is 5.91 Å². The van der Waals surface area contributed by atoms with Crippen LogP contribution in [0.25, 0.3) is 0 Å². The Morgan fingerprint density at radius 2 is 1.73 bits per heavy atom. The van der Waals surface area contributed by atoms with Crippen LogP contribution in [0, 0.1) is 20.8 Å². The average molecular weight is 323 g/mol. The molecule has 1 N–H and O–H groups in total. The van der Waals surface area contributed by atoms with Crippen molar-refractivity contribution in [3.05, 3.63) is 28.8 Å². The molecule has 0 fully saturated rings. The number of aliphatic carboxylic acids is 1. The largest absolute Gasteiger partial charge is 0.480 e. The van der Waals surface area contributed by atoms with Gasteiger partial charge in [0, 0.05) is 6.42 Å². The van der Waals surface area contributed by atoms with Gasteiger partial charge in [-0.15, -0.1) is 0 Å². The van der Waals surface area contributed by atoms with Crippen molar-refractivity contribution in [2.45, 2.75) is 34.1 Å². The molecule has 1 amide bonds. The highest BCUT2D eigenvalue weighted by atomic mass is 32.2. The maximum atomic E-state index is 12.4. The van der Waals surface area contributed by atoms with Gasteiger partial charge in [-0.25, -0.2) is 0 Å². The lowest BCUT2D eigenvalue weighted by Crippen LogP contribution is -2.38. The Labute approximate surface area is 134 Å². The number of anilines is 1. The number of thioether (sulfide) groups is 1. The molecule has 0 radical (unpaired) electrons. The van der Waals surface area contributed by atoms with Gasteiger partial charge in [-0.1, -0.05) is 30.8 Å². The second-order valence-electron chi connectivity index (χ2n) is 5.06. The minimum absolute atomic E-state index is 0.0488. The molecule has 0 bridgehead atoms. The third-order valence-corrected chi connectivity index (χ3v) is 4.42. The van der Waals surface area contributed by atoms with Crippen LogP contribution in [0.5, 0.6) is 0 Å². The molecular formula is C16H21NO4S. The van der Waals surface area contributed by atoms with E-state index in [1.54, 1.807) is 6.92 Å². The number of rotatable bonds is 6. The van der Waals surface area contributed by atoms with Gasteiger partial charge in [-0.05, 0) is 37.5 Å². The van der Waals surface area contributed by atoms with Crippen LogP contribution in [0.4, 0.5) is 5.69 Å². The molecule has 0 heterocycles. The smallest absolute Gasteiger partial charge is 0.323 e. The Bertz CT molecular complexity index is 598. The molecule has 120 valence electrons. The predicted octanol–water partition coefficient (Wildman–Crippen LogP) is 2.70. The zero-order chi connectivity index (χ0) is 16.9. The number of carbonyl (C=O) groups excluding carboxylic acids is 2. The molecule has 0 saturated heterocycles. The van der Waals surface area contributed by atoms with Crippen LogP contribution < -0.4 is 4.90 Å². The van der Waals surface area contributed by atoms with Crippen LogP contribution in [-0.4, -0.2) is 34.4 Å². The number of carbonyl (C=O) groups is 3.